The Hall–Kier alpha value is 2.46. The van der Waals surface area contributed by atoms with E-state index in [-0.39, 0.29) is 104 Å². The second kappa shape index (κ2) is 37.6. The van der Waals surface area contributed by atoms with Gasteiger partial charge in [-0.1, -0.05) is 96.8 Å². The Labute approximate surface area is 283 Å². The zero-order chi connectivity index (χ0) is 23.9. The van der Waals surface area contributed by atoms with E-state index in [0.29, 0.717) is 6.42 Å². The standard InChI is InChI=1S/C18H36O2.4Mg.H2O4S.H4O4Si.8H/c1-2-3-4-5-6-7-8-9-10-11-12-13-14-15-16-17-18(19)20;;;;;2*1-5(2,3)4;;;;;;;;/h2-17H2,1H3,(H,19,20);;;;;(H2,1,2,3,4);1-4H;;;;;;;;/q;4*+2;;;8*-1. The van der Waals surface area contributed by atoms with Gasteiger partial charge in [0.05, 0.1) is 0 Å². The number of carboxylic acid groups (broad SMARTS) is 1. The summed E-state index contributed by atoms with van der Waals surface area (Å²) in [5, 5.41) is 8.52. The van der Waals surface area contributed by atoms with Crippen LogP contribution in [0.15, 0.2) is 0 Å². The Balaban J connectivity index is -0.0000000224. The van der Waals surface area contributed by atoms with Crippen molar-refractivity contribution in [2.45, 2.75) is 110 Å². The van der Waals surface area contributed by atoms with E-state index in [1.54, 1.807) is 0 Å². The molecule has 0 aromatic heterocycles. The van der Waals surface area contributed by atoms with Gasteiger partial charge in [-0.2, -0.15) is 8.42 Å². The van der Waals surface area contributed by atoms with Crippen molar-refractivity contribution in [2.24, 2.45) is 0 Å². The average Bonchev–Trinajstić information content (AvgIpc) is 2.55. The molecular formula is C18H50Mg4O10SSi. The molecule has 0 atom stereocenters. The van der Waals surface area contributed by atoms with Gasteiger partial charge in [0, 0.05) is 6.42 Å². The van der Waals surface area contributed by atoms with Gasteiger partial charge in [-0.3, -0.25) is 13.9 Å². The minimum atomic E-state index is -4.67. The molecule has 7 N–H and O–H groups in total. The van der Waals surface area contributed by atoms with Gasteiger partial charge in [-0.05, 0) is 6.42 Å². The minimum absolute atomic E-state index is 0. The SMILES string of the molecule is CCCCCCCCCCCCCCCCCC(=O)O.O=S(=O)(O)O.O[Si](O)(O)O.[H-].[H-].[H-].[H-].[H-].[H-].[H-].[H-].[Mg+2].[Mg+2].[Mg+2].[Mg+2]. The number of aliphatic carboxylic acids is 1. The molecule has 200 valence electrons. The van der Waals surface area contributed by atoms with Crippen LogP contribution in [0.1, 0.15) is 121 Å². The summed E-state index contributed by atoms with van der Waals surface area (Å²) in [5.74, 6) is -0.653. The molecule has 0 aromatic rings. The van der Waals surface area contributed by atoms with Gasteiger partial charge in [-0.25, -0.2) is 0 Å². The number of carboxylic acids is 1. The fraction of sp³-hybridized carbons (Fsp3) is 0.944. The number of carbonyl (C=O) groups is 1. The van der Waals surface area contributed by atoms with Crippen molar-refractivity contribution in [2.75, 3.05) is 0 Å². The maximum atomic E-state index is 10.3. The molecule has 0 aliphatic heterocycles. The van der Waals surface area contributed by atoms with Gasteiger partial charge in [0.2, 0.25) is 0 Å². The van der Waals surface area contributed by atoms with Crippen molar-refractivity contribution in [1.29, 1.82) is 0 Å². The molecule has 0 aromatic carbocycles. The zero-order valence-corrected chi connectivity index (χ0v) is 28.4. The summed E-state index contributed by atoms with van der Waals surface area (Å²) in [4.78, 5) is 39.6. The molecule has 0 fully saturated rings. The first-order chi connectivity index (χ1) is 13.8. The summed E-state index contributed by atoms with van der Waals surface area (Å²) in [6.07, 6.45) is 20.2. The molecule has 0 amide bonds. The predicted octanol–water partition coefficient (Wildman–Crippen LogP) is 2.45. The van der Waals surface area contributed by atoms with Crippen molar-refractivity contribution in [1.82, 2.24) is 0 Å². The summed E-state index contributed by atoms with van der Waals surface area (Å²) in [6, 6.07) is 0. The molecule has 0 radical (unpaired) electrons. The van der Waals surface area contributed by atoms with E-state index in [9.17, 15) is 4.79 Å². The zero-order valence-electron chi connectivity index (χ0n) is 28.9. The first-order valence-corrected chi connectivity index (χ1v) is 13.8. The first kappa shape index (κ1) is 52.8. The van der Waals surface area contributed by atoms with E-state index in [1.807, 2.05) is 0 Å². The molecule has 0 rings (SSSR count). The first-order valence-electron chi connectivity index (χ1n) is 10.6. The third kappa shape index (κ3) is 102. The quantitative estimate of drug-likeness (QED) is 0.0806. The molecular weight excluding hydrogens is 534 g/mol. The van der Waals surface area contributed by atoms with Gasteiger partial charge in [0.25, 0.3) is 0 Å². The summed E-state index contributed by atoms with van der Waals surface area (Å²) < 4.78 is 31.6. The summed E-state index contributed by atoms with van der Waals surface area (Å²) in [5.41, 5.74) is 0. The monoisotopic (exact) mass is 582 g/mol. The predicted molar refractivity (Wildman–Crippen MR) is 148 cm³/mol. The summed E-state index contributed by atoms with van der Waals surface area (Å²) in [7, 11) is -9.28. The molecule has 16 heteroatoms. The maximum Gasteiger partial charge on any atom is 2.00 e. The van der Waals surface area contributed by atoms with Gasteiger partial charge in [0.15, 0.2) is 0 Å². The van der Waals surface area contributed by atoms with Gasteiger partial charge in [0.1, 0.15) is 0 Å². The Bertz CT molecular complexity index is 499. The number of unbranched alkanes of at least 4 members (excludes halogenated alkanes) is 14. The second-order valence-electron chi connectivity index (χ2n) is 7.14. The van der Waals surface area contributed by atoms with Gasteiger partial charge < -0.3 is 35.7 Å². The molecule has 0 spiro atoms. The van der Waals surface area contributed by atoms with E-state index >= 15 is 0 Å². The number of hydrogen-bond donors (Lipinski definition) is 7. The fourth-order valence-electron chi connectivity index (χ4n) is 2.65. The summed E-state index contributed by atoms with van der Waals surface area (Å²) >= 11 is 0. The van der Waals surface area contributed by atoms with Crippen molar-refractivity contribution >= 4 is 118 Å². The van der Waals surface area contributed by atoms with Crippen LogP contribution >= 0.6 is 0 Å². The van der Waals surface area contributed by atoms with Crippen molar-refractivity contribution in [3.8, 4) is 0 Å². The van der Waals surface area contributed by atoms with E-state index in [1.165, 1.54) is 83.5 Å². The van der Waals surface area contributed by atoms with E-state index < -0.39 is 25.4 Å². The van der Waals surface area contributed by atoms with E-state index in [4.69, 9.17) is 41.8 Å². The van der Waals surface area contributed by atoms with Crippen LogP contribution in [0.4, 0.5) is 0 Å². The van der Waals surface area contributed by atoms with Crippen molar-refractivity contribution in [3.63, 3.8) is 0 Å². The number of rotatable bonds is 16. The minimum Gasteiger partial charge on any atom is -1.00 e. The van der Waals surface area contributed by atoms with Crippen LogP contribution in [0.5, 0.6) is 0 Å². The van der Waals surface area contributed by atoms with Crippen molar-refractivity contribution < 1.29 is 58.0 Å². The molecule has 34 heavy (non-hydrogen) atoms. The Morgan fingerprint density at radius 2 is 0.794 bits per heavy atom. The maximum absolute atomic E-state index is 10.3. The molecule has 0 bridgehead atoms. The van der Waals surface area contributed by atoms with Crippen LogP contribution in [-0.2, 0) is 15.2 Å². The van der Waals surface area contributed by atoms with Crippen LogP contribution in [0.25, 0.3) is 0 Å². The third-order valence-electron chi connectivity index (χ3n) is 3.99. The van der Waals surface area contributed by atoms with Crippen LogP contribution in [0.2, 0.25) is 0 Å². The van der Waals surface area contributed by atoms with E-state index in [2.05, 4.69) is 6.92 Å². The third-order valence-corrected chi connectivity index (χ3v) is 3.99. The van der Waals surface area contributed by atoms with Crippen molar-refractivity contribution in [3.05, 3.63) is 0 Å². The van der Waals surface area contributed by atoms with Crippen LogP contribution in [0.3, 0.4) is 0 Å². The Morgan fingerprint density at radius 1 is 0.618 bits per heavy atom. The Kier molecular flexibility index (Phi) is 58.4. The smallest absolute Gasteiger partial charge is 1.00 e. The molecule has 0 aliphatic carbocycles. The molecule has 0 unspecified atom stereocenters. The second-order valence-corrected chi connectivity index (χ2v) is 9.24. The average molecular weight is 584 g/mol. The molecule has 10 nitrogen and oxygen atoms in total. The number of hydrogen-bond acceptors (Lipinski definition) is 7. The van der Waals surface area contributed by atoms with Crippen LogP contribution in [-0.4, -0.2) is 149 Å². The van der Waals surface area contributed by atoms with Crippen LogP contribution in [0, 0.1) is 0 Å². The van der Waals surface area contributed by atoms with Crippen LogP contribution < -0.4 is 0 Å². The normalized spacial score (nSPS) is 9.85. The largest absolute Gasteiger partial charge is 2.00 e. The molecule has 0 saturated carbocycles. The van der Waals surface area contributed by atoms with E-state index in [0.717, 1.165) is 12.8 Å². The van der Waals surface area contributed by atoms with Gasteiger partial charge in [-0.15, -0.1) is 0 Å². The Morgan fingerprint density at radius 3 is 0.971 bits per heavy atom. The fourth-order valence-corrected chi connectivity index (χ4v) is 2.65. The van der Waals surface area contributed by atoms with Gasteiger partial charge >= 0.3 is 118 Å². The molecule has 0 heterocycles. The summed E-state index contributed by atoms with van der Waals surface area (Å²) in [6.45, 7) is 2.27. The molecule has 0 aliphatic rings. The topological polar surface area (TPSA) is 193 Å². The molecule has 0 saturated heterocycles.